The van der Waals surface area contributed by atoms with Crippen molar-refractivity contribution in [3.63, 3.8) is 0 Å². The van der Waals surface area contributed by atoms with Gasteiger partial charge in [-0.2, -0.15) is 0 Å². The van der Waals surface area contributed by atoms with Crippen molar-refractivity contribution >= 4 is 17.7 Å². The first kappa shape index (κ1) is 20.3. The minimum atomic E-state index is -0.841. The van der Waals surface area contributed by atoms with E-state index in [1.807, 2.05) is 6.92 Å². The van der Waals surface area contributed by atoms with Crippen LogP contribution in [0.4, 0.5) is 0 Å². The molecule has 128 valence electrons. The van der Waals surface area contributed by atoms with Crippen molar-refractivity contribution in [3.05, 3.63) is 0 Å². The molecule has 0 bridgehead atoms. The van der Waals surface area contributed by atoms with Gasteiger partial charge in [-0.15, -0.1) is 0 Å². The summed E-state index contributed by atoms with van der Waals surface area (Å²) in [5.74, 6) is -0.952. The number of hydrogen-bond acceptors (Lipinski definition) is 5. The second kappa shape index (κ2) is 13.0. The molecule has 8 heteroatoms. The molecule has 0 saturated carbocycles. The number of nitrogens with one attached hydrogen (secondary N) is 4. The van der Waals surface area contributed by atoms with Crippen LogP contribution in [0.3, 0.4) is 0 Å². The van der Waals surface area contributed by atoms with E-state index < -0.39 is 6.04 Å². The highest BCUT2D eigenvalue weighted by Gasteiger charge is 2.22. The SMILES string of the molecule is CCCCNC(=O)C(CC(=O)NCCNCCN)NC(C)=O. The summed E-state index contributed by atoms with van der Waals surface area (Å²) in [6.45, 7) is 6.15. The van der Waals surface area contributed by atoms with E-state index in [9.17, 15) is 14.4 Å². The van der Waals surface area contributed by atoms with Crippen molar-refractivity contribution in [1.29, 1.82) is 0 Å². The van der Waals surface area contributed by atoms with Crippen molar-refractivity contribution in [2.24, 2.45) is 5.73 Å². The molecule has 0 aliphatic carbocycles. The molecule has 3 amide bonds. The lowest BCUT2D eigenvalue weighted by Crippen LogP contribution is -2.49. The molecule has 22 heavy (non-hydrogen) atoms. The molecule has 0 radical (unpaired) electrons. The average Bonchev–Trinajstić information content (AvgIpc) is 2.46. The van der Waals surface area contributed by atoms with Gasteiger partial charge in [-0.1, -0.05) is 13.3 Å². The fourth-order valence-electron chi connectivity index (χ4n) is 1.74. The normalized spacial score (nSPS) is 11.6. The van der Waals surface area contributed by atoms with Crippen LogP contribution in [-0.4, -0.2) is 56.5 Å². The first-order valence-corrected chi connectivity index (χ1v) is 7.73. The van der Waals surface area contributed by atoms with Gasteiger partial charge in [-0.05, 0) is 6.42 Å². The maximum absolute atomic E-state index is 12.0. The third-order valence-electron chi connectivity index (χ3n) is 2.86. The number of unbranched alkanes of at least 4 members (excludes halogenated alkanes) is 1. The van der Waals surface area contributed by atoms with Gasteiger partial charge in [0.1, 0.15) is 6.04 Å². The smallest absolute Gasteiger partial charge is 0.243 e. The van der Waals surface area contributed by atoms with Crippen LogP contribution < -0.4 is 27.0 Å². The number of nitrogens with two attached hydrogens (primary N) is 1. The van der Waals surface area contributed by atoms with Crippen LogP contribution >= 0.6 is 0 Å². The van der Waals surface area contributed by atoms with Crippen molar-refractivity contribution in [2.75, 3.05) is 32.7 Å². The Morgan fingerprint density at radius 2 is 1.77 bits per heavy atom. The van der Waals surface area contributed by atoms with Gasteiger partial charge in [-0.25, -0.2) is 0 Å². The number of rotatable bonds is 12. The second-order valence-electron chi connectivity index (χ2n) is 4.99. The Kier molecular flexibility index (Phi) is 12.0. The van der Waals surface area contributed by atoms with Crippen LogP contribution in [0.5, 0.6) is 0 Å². The van der Waals surface area contributed by atoms with Crippen LogP contribution in [0.25, 0.3) is 0 Å². The van der Waals surface area contributed by atoms with Crippen molar-refractivity contribution < 1.29 is 14.4 Å². The predicted octanol–water partition coefficient (Wildman–Crippen LogP) is -1.54. The molecule has 0 aromatic heterocycles. The third kappa shape index (κ3) is 11.0. The quantitative estimate of drug-likeness (QED) is 0.279. The highest BCUT2D eigenvalue weighted by molar-refractivity contribution is 5.91. The van der Waals surface area contributed by atoms with E-state index in [1.54, 1.807) is 0 Å². The molecule has 0 fully saturated rings. The highest BCUT2D eigenvalue weighted by Crippen LogP contribution is 1.94. The van der Waals surface area contributed by atoms with E-state index in [0.29, 0.717) is 32.7 Å². The Morgan fingerprint density at radius 3 is 2.36 bits per heavy atom. The Balaban J connectivity index is 4.18. The van der Waals surface area contributed by atoms with Gasteiger partial charge < -0.3 is 27.0 Å². The van der Waals surface area contributed by atoms with E-state index in [1.165, 1.54) is 6.92 Å². The fraction of sp³-hybridized carbons (Fsp3) is 0.786. The Labute approximate surface area is 132 Å². The molecule has 0 spiro atoms. The molecule has 1 unspecified atom stereocenters. The molecule has 6 N–H and O–H groups in total. The maximum Gasteiger partial charge on any atom is 0.243 e. The molecule has 0 rings (SSSR count). The van der Waals surface area contributed by atoms with E-state index in [-0.39, 0.29) is 24.1 Å². The number of amides is 3. The summed E-state index contributed by atoms with van der Waals surface area (Å²) >= 11 is 0. The first-order valence-electron chi connectivity index (χ1n) is 7.73. The largest absolute Gasteiger partial charge is 0.355 e. The van der Waals surface area contributed by atoms with Gasteiger partial charge in [0.25, 0.3) is 0 Å². The van der Waals surface area contributed by atoms with Gasteiger partial charge in [-0.3, -0.25) is 14.4 Å². The van der Waals surface area contributed by atoms with E-state index in [0.717, 1.165) is 12.8 Å². The molecular weight excluding hydrogens is 286 g/mol. The molecule has 0 saturated heterocycles. The summed E-state index contributed by atoms with van der Waals surface area (Å²) in [6, 6.07) is -0.841. The van der Waals surface area contributed by atoms with E-state index in [4.69, 9.17) is 5.73 Å². The summed E-state index contributed by atoms with van der Waals surface area (Å²) < 4.78 is 0. The zero-order valence-electron chi connectivity index (χ0n) is 13.5. The first-order chi connectivity index (χ1) is 10.5. The molecule has 0 aromatic rings. The Hall–Kier alpha value is -1.67. The molecular formula is C14H29N5O3. The van der Waals surface area contributed by atoms with Crippen LogP contribution in [0.15, 0.2) is 0 Å². The zero-order chi connectivity index (χ0) is 16.8. The van der Waals surface area contributed by atoms with Gasteiger partial charge in [0.2, 0.25) is 17.7 Å². The summed E-state index contributed by atoms with van der Waals surface area (Å²) in [5, 5.41) is 11.0. The molecule has 0 aliphatic heterocycles. The number of carbonyl (C=O) groups is 3. The minimum Gasteiger partial charge on any atom is -0.355 e. The lowest BCUT2D eigenvalue weighted by Gasteiger charge is -2.17. The summed E-state index contributed by atoms with van der Waals surface area (Å²) in [6.07, 6.45) is 1.74. The van der Waals surface area contributed by atoms with Gasteiger partial charge in [0, 0.05) is 39.6 Å². The van der Waals surface area contributed by atoms with Crippen LogP contribution in [0.1, 0.15) is 33.1 Å². The molecule has 0 heterocycles. The van der Waals surface area contributed by atoms with Crippen LogP contribution in [0.2, 0.25) is 0 Å². The van der Waals surface area contributed by atoms with Gasteiger partial charge in [0.05, 0.1) is 6.42 Å². The van der Waals surface area contributed by atoms with Crippen LogP contribution in [-0.2, 0) is 14.4 Å². The number of carbonyl (C=O) groups excluding carboxylic acids is 3. The van der Waals surface area contributed by atoms with Crippen molar-refractivity contribution in [1.82, 2.24) is 21.3 Å². The molecule has 8 nitrogen and oxygen atoms in total. The van der Waals surface area contributed by atoms with E-state index in [2.05, 4.69) is 21.3 Å². The van der Waals surface area contributed by atoms with Gasteiger partial charge in [0.15, 0.2) is 0 Å². The Morgan fingerprint density at radius 1 is 1.05 bits per heavy atom. The summed E-state index contributed by atoms with van der Waals surface area (Å²) in [7, 11) is 0. The molecule has 1 atom stereocenters. The predicted molar refractivity (Wildman–Crippen MR) is 85.1 cm³/mol. The lowest BCUT2D eigenvalue weighted by molar-refractivity contribution is -0.131. The summed E-state index contributed by atoms with van der Waals surface area (Å²) in [4.78, 5) is 34.9. The highest BCUT2D eigenvalue weighted by atomic mass is 16.2. The third-order valence-corrected chi connectivity index (χ3v) is 2.86. The summed E-state index contributed by atoms with van der Waals surface area (Å²) in [5.41, 5.74) is 5.33. The monoisotopic (exact) mass is 315 g/mol. The topological polar surface area (TPSA) is 125 Å². The van der Waals surface area contributed by atoms with Crippen molar-refractivity contribution in [2.45, 2.75) is 39.2 Å². The average molecular weight is 315 g/mol. The van der Waals surface area contributed by atoms with Gasteiger partial charge >= 0.3 is 0 Å². The minimum absolute atomic E-state index is 0.0750. The second-order valence-corrected chi connectivity index (χ2v) is 4.99. The maximum atomic E-state index is 12.0. The molecule has 0 aromatic carbocycles. The molecule has 0 aliphatic rings. The fourth-order valence-corrected chi connectivity index (χ4v) is 1.74. The van der Waals surface area contributed by atoms with Crippen molar-refractivity contribution in [3.8, 4) is 0 Å². The Bertz CT molecular complexity index is 349. The zero-order valence-corrected chi connectivity index (χ0v) is 13.5. The standard InChI is InChI=1S/C14H29N5O3/c1-3-4-6-18-14(22)12(19-11(2)20)10-13(21)17-9-8-16-7-5-15/h12,16H,3-10,15H2,1-2H3,(H,17,21)(H,18,22)(H,19,20). The number of hydrogen-bond donors (Lipinski definition) is 5. The van der Waals surface area contributed by atoms with Crippen LogP contribution in [0, 0.1) is 0 Å². The lowest BCUT2D eigenvalue weighted by atomic mass is 10.1. The van der Waals surface area contributed by atoms with E-state index >= 15 is 0 Å².